The summed E-state index contributed by atoms with van der Waals surface area (Å²) in [5.41, 5.74) is 2.51. The first-order chi connectivity index (χ1) is 19.0. The summed E-state index contributed by atoms with van der Waals surface area (Å²) in [6, 6.07) is 11.1. The van der Waals surface area contributed by atoms with Gasteiger partial charge in [0.2, 0.25) is 5.91 Å². The maximum atomic E-state index is 13.0. The Morgan fingerprint density at radius 1 is 1.23 bits per heavy atom. The minimum atomic E-state index is -0.337. The predicted octanol–water partition coefficient (Wildman–Crippen LogP) is 6.24. The molecule has 212 valence electrons. The van der Waals surface area contributed by atoms with Crippen LogP contribution in [0.4, 0.5) is 5.00 Å². The molecule has 2 N–H and O–H groups in total. The summed E-state index contributed by atoms with van der Waals surface area (Å²) in [7, 11) is 0. The lowest BCUT2D eigenvalue weighted by atomic mass is 9.72. The number of thioether (sulfide) groups is 1. The van der Waals surface area contributed by atoms with Crippen LogP contribution in [0.1, 0.15) is 86.2 Å². The standard InChI is InChI=1S/C30H38N6O2S2/c1-7-36-26(25(18(2)3)33-27(38)19-11-9-8-10-12-19)34-35-29(36)39-17-24(37)32-28-22(16-31)21-14-13-20(30(4,5)6)15-23(21)40-28/h8-12,18,20,25H,7,13-15,17H2,1-6H3,(H,32,37)(H,33,38)/t20-,25-/m0/s1. The molecule has 0 unspecified atom stereocenters. The van der Waals surface area contributed by atoms with Crippen LogP contribution in [-0.4, -0.2) is 32.3 Å². The maximum Gasteiger partial charge on any atom is 0.251 e. The molecule has 2 amide bonds. The van der Waals surface area contributed by atoms with Crippen molar-refractivity contribution in [1.29, 1.82) is 5.26 Å². The lowest BCUT2D eigenvalue weighted by Crippen LogP contribution is -2.33. The van der Waals surface area contributed by atoms with Gasteiger partial charge < -0.3 is 15.2 Å². The molecule has 0 saturated heterocycles. The number of rotatable bonds is 9. The van der Waals surface area contributed by atoms with E-state index in [4.69, 9.17) is 0 Å². The average Bonchev–Trinajstić information content (AvgIpc) is 3.49. The molecule has 0 saturated carbocycles. The molecule has 0 spiro atoms. The van der Waals surface area contributed by atoms with Crippen LogP contribution in [0.25, 0.3) is 0 Å². The van der Waals surface area contributed by atoms with Gasteiger partial charge in [0.25, 0.3) is 5.91 Å². The third-order valence-electron chi connectivity index (χ3n) is 7.52. The van der Waals surface area contributed by atoms with Crippen molar-refractivity contribution >= 4 is 39.9 Å². The number of fused-ring (bicyclic) bond motifs is 1. The third-order valence-corrected chi connectivity index (χ3v) is 9.65. The van der Waals surface area contributed by atoms with Gasteiger partial charge >= 0.3 is 0 Å². The second kappa shape index (κ2) is 12.6. The van der Waals surface area contributed by atoms with E-state index < -0.39 is 0 Å². The average molecular weight is 579 g/mol. The van der Waals surface area contributed by atoms with Crippen LogP contribution in [0, 0.1) is 28.6 Å². The number of hydrogen-bond acceptors (Lipinski definition) is 7. The Morgan fingerprint density at radius 2 is 1.95 bits per heavy atom. The molecule has 2 atom stereocenters. The largest absolute Gasteiger partial charge is 0.342 e. The topological polar surface area (TPSA) is 113 Å². The van der Waals surface area contributed by atoms with Gasteiger partial charge in [-0.1, -0.05) is 64.6 Å². The molecule has 2 heterocycles. The Kier molecular flexibility index (Phi) is 9.37. The van der Waals surface area contributed by atoms with E-state index in [0.717, 1.165) is 24.8 Å². The van der Waals surface area contributed by atoms with Crippen molar-refractivity contribution < 1.29 is 9.59 Å². The molecule has 3 aromatic rings. The summed E-state index contributed by atoms with van der Waals surface area (Å²) in [5.74, 6) is 1.09. The van der Waals surface area contributed by atoms with Gasteiger partial charge in [-0.05, 0) is 61.1 Å². The fourth-order valence-electron chi connectivity index (χ4n) is 5.10. The minimum Gasteiger partial charge on any atom is -0.342 e. The molecule has 2 aromatic heterocycles. The van der Waals surface area contributed by atoms with Crippen molar-refractivity contribution in [3.05, 3.63) is 57.7 Å². The molecule has 1 aliphatic rings. The fraction of sp³-hybridized carbons (Fsp3) is 0.500. The quantitative estimate of drug-likeness (QED) is 0.291. The van der Waals surface area contributed by atoms with Gasteiger partial charge in [0.1, 0.15) is 11.1 Å². The smallest absolute Gasteiger partial charge is 0.251 e. The Hall–Kier alpha value is -3.16. The summed E-state index contributed by atoms with van der Waals surface area (Å²) in [6.07, 6.45) is 2.88. The molecule has 0 fully saturated rings. The van der Waals surface area contributed by atoms with Crippen LogP contribution >= 0.6 is 23.1 Å². The third kappa shape index (κ3) is 6.58. The van der Waals surface area contributed by atoms with Crippen LogP contribution in [0.2, 0.25) is 0 Å². The van der Waals surface area contributed by atoms with Gasteiger partial charge in [-0.25, -0.2) is 0 Å². The van der Waals surface area contributed by atoms with E-state index in [1.807, 2.05) is 43.5 Å². The second-order valence-electron chi connectivity index (χ2n) is 11.6. The lowest BCUT2D eigenvalue weighted by molar-refractivity contribution is -0.113. The molecule has 0 aliphatic heterocycles. The summed E-state index contributed by atoms with van der Waals surface area (Å²) >= 11 is 2.84. The zero-order valence-corrected chi connectivity index (χ0v) is 25.7. The van der Waals surface area contributed by atoms with Gasteiger partial charge in [0, 0.05) is 17.0 Å². The molecule has 1 aromatic carbocycles. The summed E-state index contributed by atoms with van der Waals surface area (Å²) in [5, 5.41) is 26.0. The van der Waals surface area contributed by atoms with Gasteiger partial charge in [0.05, 0.1) is 17.4 Å². The number of nitrogens with zero attached hydrogens (tertiary/aromatic N) is 4. The van der Waals surface area contributed by atoms with E-state index in [9.17, 15) is 14.9 Å². The van der Waals surface area contributed by atoms with E-state index in [1.165, 1.54) is 16.6 Å². The molecule has 0 bridgehead atoms. The highest BCUT2D eigenvalue weighted by Gasteiger charge is 2.32. The number of anilines is 1. The minimum absolute atomic E-state index is 0.0791. The normalized spacial score (nSPS) is 15.8. The molecule has 1 aliphatic carbocycles. The van der Waals surface area contributed by atoms with E-state index in [1.54, 1.807) is 23.5 Å². The first-order valence-corrected chi connectivity index (χ1v) is 15.6. The van der Waals surface area contributed by atoms with Crippen molar-refractivity contribution in [3.63, 3.8) is 0 Å². The van der Waals surface area contributed by atoms with Gasteiger partial charge in [0.15, 0.2) is 11.0 Å². The highest BCUT2D eigenvalue weighted by atomic mass is 32.2. The second-order valence-corrected chi connectivity index (χ2v) is 13.7. The zero-order valence-electron chi connectivity index (χ0n) is 24.1. The SMILES string of the molecule is CCn1c(SCC(=O)Nc2sc3c(c2C#N)CC[C@H](C(C)(C)C)C3)nnc1[C@@H](NC(=O)c1ccccc1)C(C)C. The first kappa shape index (κ1) is 29.8. The monoisotopic (exact) mass is 578 g/mol. The van der Waals surface area contributed by atoms with Crippen LogP contribution in [0.5, 0.6) is 0 Å². The molecular formula is C30H38N6O2S2. The van der Waals surface area contributed by atoms with Crippen LogP contribution in [0.3, 0.4) is 0 Å². The number of benzene rings is 1. The predicted molar refractivity (Wildman–Crippen MR) is 161 cm³/mol. The molecule has 10 heteroatoms. The Balaban J connectivity index is 1.44. The van der Waals surface area contributed by atoms with Crippen molar-refractivity contribution in [2.24, 2.45) is 17.3 Å². The number of amides is 2. The molecule has 4 rings (SSSR count). The highest BCUT2D eigenvalue weighted by molar-refractivity contribution is 7.99. The van der Waals surface area contributed by atoms with Crippen LogP contribution in [-0.2, 0) is 24.2 Å². The van der Waals surface area contributed by atoms with Crippen molar-refractivity contribution in [3.8, 4) is 6.07 Å². The van der Waals surface area contributed by atoms with Gasteiger partial charge in [-0.3, -0.25) is 9.59 Å². The number of nitrogens with one attached hydrogen (secondary N) is 2. The summed E-state index contributed by atoms with van der Waals surface area (Å²) in [4.78, 5) is 27.1. The van der Waals surface area contributed by atoms with Crippen molar-refractivity contribution in [2.75, 3.05) is 11.1 Å². The van der Waals surface area contributed by atoms with Crippen molar-refractivity contribution in [1.82, 2.24) is 20.1 Å². The zero-order chi connectivity index (χ0) is 29.0. The Morgan fingerprint density at radius 3 is 2.58 bits per heavy atom. The van der Waals surface area contributed by atoms with Crippen molar-refractivity contribution in [2.45, 2.75) is 78.5 Å². The molecule has 40 heavy (non-hydrogen) atoms. The van der Waals surface area contributed by atoms with Gasteiger partial charge in [-0.2, -0.15) is 5.26 Å². The molecular weight excluding hydrogens is 541 g/mol. The lowest BCUT2D eigenvalue weighted by Gasteiger charge is -2.33. The fourth-order valence-corrected chi connectivity index (χ4v) is 7.21. The van der Waals surface area contributed by atoms with E-state index in [2.05, 4.69) is 47.7 Å². The number of carbonyl (C=O) groups excluding carboxylic acids is 2. The van der Waals surface area contributed by atoms with E-state index in [-0.39, 0.29) is 34.9 Å². The van der Waals surface area contributed by atoms with E-state index in [0.29, 0.717) is 39.6 Å². The van der Waals surface area contributed by atoms with Crippen LogP contribution < -0.4 is 10.6 Å². The van der Waals surface area contributed by atoms with Crippen LogP contribution in [0.15, 0.2) is 35.5 Å². The molecule has 0 radical (unpaired) electrons. The Bertz CT molecular complexity index is 1400. The number of nitriles is 1. The number of hydrogen-bond donors (Lipinski definition) is 2. The number of carbonyl (C=O) groups is 2. The van der Waals surface area contributed by atoms with Gasteiger partial charge in [-0.15, -0.1) is 21.5 Å². The summed E-state index contributed by atoms with van der Waals surface area (Å²) in [6.45, 7) is 13.5. The Labute approximate surface area is 245 Å². The summed E-state index contributed by atoms with van der Waals surface area (Å²) < 4.78 is 1.95. The maximum absolute atomic E-state index is 13.0. The molecule has 8 nitrogen and oxygen atoms in total. The number of aromatic nitrogens is 3. The highest BCUT2D eigenvalue weighted by Crippen LogP contribution is 2.44. The van der Waals surface area contributed by atoms with E-state index >= 15 is 0 Å². The number of thiophene rings is 1. The first-order valence-electron chi connectivity index (χ1n) is 13.8.